The topological polar surface area (TPSA) is 107 Å². The average Bonchev–Trinajstić information content (AvgIpc) is 3.17. The highest BCUT2D eigenvalue weighted by Gasteiger charge is 2.19. The second-order valence-corrected chi connectivity index (χ2v) is 5.14. The summed E-state index contributed by atoms with van der Waals surface area (Å²) in [5.41, 5.74) is 4.80. The molecule has 7 nitrogen and oxygen atoms in total. The highest BCUT2D eigenvalue weighted by molar-refractivity contribution is 5.75. The van der Waals surface area contributed by atoms with Gasteiger partial charge in [0.2, 0.25) is 0 Å². The summed E-state index contributed by atoms with van der Waals surface area (Å²) in [6.45, 7) is 4.30. The van der Waals surface area contributed by atoms with E-state index in [9.17, 15) is 5.26 Å². The summed E-state index contributed by atoms with van der Waals surface area (Å²) in [5, 5.41) is 32.4. The van der Waals surface area contributed by atoms with Crippen molar-refractivity contribution in [2.24, 2.45) is 0 Å². The third kappa shape index (κ3) is 2.45. The van der Waals surface area contributed by atoms with Gasteiger partial charge in [-0.15, -0.1) is 10.2 Å². The fourth-order valence-corrected chi connectivity index (χ4v) is 2.71. The molecule has 23 heavy (non-hydrogen) atoms. The summed E-state index contributed by atoms with van der Waals surface area (Å²) in [4.78, 5) is 0. The van der Waals surface area contributed by atoms with E-state index in [1.54, 1.807) is 12.1 Å². The number of H-pyrrole nitrogens is 1. The third-order valence-corrected chi connectivity index (χ3v) is 3.89. The van der Waals surface area contributed by atoms with Gasteiger partial charge in [-0.05, 0) is 31.5 Å². The van der Waals surface area contributed by atoms with Crippen molar-refractivity contribution in [1.82, 2.24) is 25.2 Å². The molecule has 1 N–H and O–H groups in total. The van der Waals surface area contributed by atoms with E-state index in [1.165, 1.54) is 0 Å². The minimum atomic E-state index is 0.444. The number of hydrogen-bond acceptors (Lipinski definition) is 5. The van der Waals surface area contributed by atoms with Crippen molar-refractivity contribution in [3.05, 3.63) is 52.6 Å². The Labute approximate surface area is 132 Å². The van der Waals surface area contributed by atoms with Crippen LogP contribution in [0, 0.1) is 36.5 Å². The molecular weight excluding hydrogens is 290 g/mol. The predicted molar refractivity (Wildman–Crippen MR) is 82.1 cm³/mol. The monoisotopic (exact) mass is 303 g/mol. The van der Waals surface area contributed by atoms with Crippen LogP contribution in [-0.2, 0) is 6.54 Å². The number of aromatic amines is 1. The van der Waals surface area contributed by atoms with Gasteiger partial charge in [-0.2, -0.15) is 15.7 Å². The molecule has 0 fully saturated rings. The van der Waals surface area contributed by atoms with Crippen LogP contribution < -0.4 is 0 Å². The summed E-state index contributed by atoms with van der Waals surface area (Å²) in [6, 6.07) is 11.6. The molecule has 0 aliphatic carbocycles. The highest BCUT2D eigenvalue weighted by atomic mass is 15.5. The lowest BCUT2D eigenvalue weighted by Gasteiger charge is -2.07. The Morgan fingerprint density at radius 1 is 1.09 bits per heavy atom. The Bertz CT molecular complexity index is 919. The molecule has 0 saturated heterocycles. The Kier molecular flexibility index (Phi) is 3.62. The molecule has 7 heteroatoms. The molecule has 0 aliphatic heterocycles. The van der Waals surface area contributed by atoms with Crippen LogP contribution in [0.25, 0.3) is 11.1 Å². The van der Waals surface area contributed by atoms with Crippen molar-refractivity contribution in [2.45, 2.75) is 20.4 Å². The van der Waals surface area contributed by atoms with Gasteiger partial charge >= 0.3 is 0 Å². The minimum absolute atomic E-state index is 0.444. The fourth-order valence-electron chi connectivity index (χ4n) is 2.71. The number of rotatable bonds is 3. The molecule has 3 aromatic rings. The number of tetrazole rings is 1. The average molecular weight is 303 g/mol. The van der Waals surface area contributed by atoms with Crippen LogP contribution in [0.15, 0.2) is 24.3 Å². The van der Waals surface area contributed by atoms with E-state index < -0.39 is 0 Å². The summed E-state index contributed by atoms with van der Waals surface area (Å²) < 4.78 is 2.00. The van der Waals surface area contributed by atoms with Gasteiger partial charge in [0.05, 0.1) is 23.7 Å². The van der Waals surface area contributed by atoms with Crippen LogP contribution in [0.4, 0.5) is 0 Å². The lowest BCUT2D eigenvalue weighted by Crippen LogP contribution is -2.05. The number of benzene rings is 1. The molecule has 0 bridgehead atoms. The Hall–Kier alpha value is -3.45. The van der Waals surface area contributed by atoms with E-state index in [4.69, 9.17) is 5.26 Å². The molecule has 0 unspecified atom stereocenters. The highest BCUT2D eigenvalue weighted by Crippen LogP contribution is 2.32. The molecule has 0 aliphatic rings. The van der Waals surface area contributed by atoms with Crippen LogP contribution in [0.5, 0.6) is 0 Å². The van der Waals surface area contributed by atoms with Crippen molar-refractivity contribution >= 4 is 0 Å². The van der Waals surface area contributed by atoms with Crippen LogP contribution in [0.2, 0.25) is 0 Å². The maximum atomic E-state index is 9.56. The SMILES string of the molecule is Cc1c(C#N)c(-c2ccc(C#N)cc2)c(C)n1Cc1nn[nH]n1. The number of nitriles is 2. The van der Waals surface area contributed by atoms with Gasteiger partial charge in [-0.1, -0.05) is 17.3 Å². The molecule has 112 valence electrons. The number of hydrogen-bond donors (Lipinski definition) is 1. The molecule has 0 amide bonds. The number of nitrogens with one attached hydrogen (secondary N) is 1. The van der Waals surface area contributed by atoms with Gasteiger partial charge in [0.1, 0.15) is 6.07 Å². The van der Waals surface area contributed by atoms with E-state index in [1.807, 2.05) is 30.5 Å². The second kappa shape index (κ2) is 5.74. The van der Waals surface area contributed by atoms with Gasteiger partial charge in [-0.3, -0.25) is 0 Å². The summed E-state index contributed by atoms with van der Waals surface area (Å²) >= 11 is 0. The first-order valence-corrected chi connectivity index (χ1v) is 6.98. The van der Waals surface area contributed by atoms with E-state index >= 15 is 0 Å². The maximum absolute atomic E-state index is 9.56. The molecule has 1 aromatic carbocycles. The van der Waals surface area contributed by atoms with Crippen LogP contribution in [0.3, 0.4) is 0 Å². The maximum Gasteiger partial charge on any atom is 0.194 e. The molecular formula is C16H13N7. The number of aromatic nitrogens is 5. The lowest BCUT2D eigenvalue weighted by atomic mass is 10.0. The third-order valence-electron chi connectivity index (χ3n) is 3.89. The normalized spacial score (nSPS) is 10.3. The fraction of sp³-hybridized carbons (Fsp3) is 0.188. The smallest absolute Gasteiger partial charge is 0.194 e. The van der Waals surface area contributed by atoms with Crippen molar-refractivity contribution in [3.8, 4) is 23.3 Å². The van der Waals surface area contributed by atoms with Gasteiger partial charge in [0.25, 0.3) is 0 Å². The molecule has 0 radical (unpaired) electrons. The zero-order valence-electron chi connectivity index (χ0n) is 12.7. The van der Waals surface area contributed by atoms with E-state index in [2.05, 4.69) is 32.8 Å². The molecule has 0 spiro atoms. The molecule has 0 atom stereocenters. The summed E-state index contributed by atoms with van der Waals surface area (Å²) in [6.07, 6.45) is 0. The number of nitrogens with zero attached hydrogens (tertiary/aromatic N) is 6. The second-order valence-electron chi connectivity index (χ2n) is 5.14. The van der Waals surface area contributed by atoms with Crippen molar-refractivity contribution in [2.75, 3.05) is 0 Å². The lowest BCUT2D eigenvalue weighted by molar-refractivity contribution is 0.709. The van der Waals surface area contributed by atoms with E-state index in [0.717, 1.165) is 22.5 Å². The zero-order valence-corrected chi connectivity index (χ0v) is 12.7. The van der Waals surface area contributed by atoms with Crippen LogP contribution in [0.1, 0.15) is 28.3 Å². The Morgan fingerprint density at radius 3 is 2.39 bits per heavy atom. The van der Waals surface area contributed by atoms with Gasteiger partial charge in [0.15, 0.2) is 5.82 Å². The molecule has 0 saturated carbocycles. The Balaban J connectivity index is 2.13. The zero-order chi connectivity index (χ0) is 16.4. The van der Waals surface area contributed by atoms with Crippen LogP contribution in [-0.4, -0.2) is 25.2 Å². The summed E-state index contributed by atoms with van der Waals surface area (Å²) in [7, 11) is 0. The van der Waals surface area contributed by atoms with Crippen molar-refractivity contribution < 1.29 is 0 Å². The summed E-state index contributed by atoms with van der Waals surface area (Å²) in [5.74, 6) is 0.557. The Morgan fingerprint density at radius 2 is 1.83 bits per heavy atom. The molecule has 2 aromatic heterocycles. The standard InChI is InChI=1S/C16H13N7/c1-10-14(8-18)16(13-5-3-12(7-17)4-6-13)11(2)23(10)9-15-19-21-22-20-15/h3-6H,9H2,1-2H3,(H,19,20,21,22). The minimum Gasteiger partial charge on any atom is -0.339 e. The largest absolute Gasteiger partial charge is 0.339 e. The van der Waals surface area contributed by atoms with Crippen LogP contribution >= 0.6 is 0 Å². The van der Waals surface area contributed by atoms with Crippen molar-refractivity contribution in [1.29, 1.82) is 10.5 Å². The van der Waals surface area contributed by atoms with Gasteiger partial charge in [-0.25, -0.2) is 0 Å². The van der Waals surface area contributed by atoms with Crippen molar-refractivity contribution in [3.63, 3.8) is 0 Å². The quantitative estimate of drug-likeness (QED) is 0.797. The van der Waals surface area contributed by atoms with Gasteiger partial charge < -0.3 is 4.57 Å². The molecule has 2 heterocycles. The first-order valence-electron chi connectivity index (χ1n) is 6.98. The first-order chi connectivity index (χ1) is 11.2. The van der Waals surface area contributed by atoms with Gasteiger partial charge in [0, 0.05) is 17.0 Å². The van der Waals surface area contributed by atoms with E-state index in [-0.39, 0.29) is 0 Å². The van der Waals surface area contributed by atoms with E-state index in [0.29, 0.717) is 23.5 Å². The predicted octanol–water partition coefficient (Wildman–Crippen LogP) is 2.08. The first kappa shape index (κ1) is 14.5. The molecule has 3 rings (SSSR count).